The Kier molecular flexibility index (Phi) is 14.9. The van der Waals surface area contributed by atoms with Crippen molar-refractivity contribution < 1.29 is 0 Å². The Labute approximate surface area is 77.6 Å². The van der Waals surface area contributed by atoms with Crippen LogP contribution in [0.2, 0.25) is 0 Å². The summed E-state index contributed by atoms with van der Waals surface area (Å²) in [5.41, 5.74) is 1.13. The van der Waals surface area contributed by atoms with Gasteiger partial charge in [0.1, 0.15) is 0 Å². The zero-order chi connectivity index (χ0) is 9.82. The van der Waals surface area contributed by atoms with Crippen molar-refractivity contribution in [3.05, 3.63) is 24.9 Å². The Morgan fingerprint density at radius 3 is 2.42 bits per heavy atom. The molecule has 72 valence electrons. The normalized spacial score (nSPS) is 7.92. The molecule has 0 radical (unpaired) electrons. The average molecular weight is 169 g/mol. The van der Waals surface area contributed by atoms with E-state index in [4.69, 9.17) is 0 Å². The van der Waals surface area contributed by atoms with Crippen LogP contribution in [0.15, 0.2) is 24.9 Å². The zero-order valence-electron chi connectivity index (χ0n) is 8.82. The lowest BCUT2D eigenvalue weighted by Gasteiger charge is -2.04. The van der Waals surface area contributed by atoms with E-state index in [1.807, 2.05) is 19.9 Å². The molecule has 1 nitrogen and oxygen atoms in total. The van der Waals surface area contributed by atoms with Crippen LogP contribution in [-0.2, 0) is 0 Å². The summed E-state index contributed by atoms with van der Waals surface area (Å²) in [4.78, 5) is 0. The first-order valence-corrected chi connectivity index (χ1v) is 4.83. The Morgan fingerprint density at radius 1 is 1.42 bits per heavy atom. The fourth-order valence-electron chi connectivity index (χ4n) is 0.695. The van der Waals surface area contributed by atoms with E-state index in [-0.39, 0.29) is 0 Å². The SMILES string of the molecule is C=CCNC(=C)CCCC.CC. The molecule has 0 rings (SSSR count). The standard InChI is InChI=1S/C9H17N.C2H6/c1-4-6-7-9(3)10-8-5-2;1-2/h5,10H,2-4,6-8H2,1H3;1-2H3. The molecule has 0 amide bonds. The van der Waals surface area contributed by atoms with Gasteiger partial charge in [0.25, 0.3) is 0 Å². The first kappa shape index (κ1) is 13.8. The van der Waals surface area contributed by atoms with Crippen molar-refractivity contribution in [2.24, 2.45) is 0 Å². The van der Waals surface area contributed by atoms with Crippen LogP contribution in [0, 0.1) is 0 Å². The van der Waals surface area contributed by atoms with Gasteiger partial charge in [-0.2, -0.15) is 0 Å². The second kappa shape index (κ2) is 12.9. The number of nitrogens with one attached hydrogen (secondary N) is 1. The third-order valence-electron chi connectivity index (χ3n) is 1.33. The van der Waals surface area contributed by atoms with Gasteiger partial charge in [0.05, 0.1) is 0 Å². The predicted molar refractivity (Wildman–Crippen MR) is 58.2 cm³/mol. The van der Waals surface area contributed by atoms with Gasteiger partial charge in [0, 0.05) is 12.2 Å². The smallest absolute Gasteiger partial charge is 0.0325 e. The quantitative estimate of drug-likeness (QED) is 0.600. The molecule has 0 unspecified atom stereocenters. The highest BCUT2D eigenvalue weighted by Crippen LogP contribution is 2.00. The molecule has 0 atom stereocenters. The van der Waals surface area contributed by atoms with Gasteiger partial charge in [-0.25, -0.2) is 0 Å². The number of rotatable bonds is 6. The van der Waals surface area contributed by atoms with Crippen molar-refractivity contribution >= 4 is 0 Å². The van der Waals surface area contributed by atoms with Gasteiger partial charge in [0.2, 0.25) is 0 Å². The van der Waals surface area contributed by atoms with Gasteiger partial charge >= 0.3 is 0 Å². The number of allylic oxidation sites excluding steroid dienone is 1. The van der Waals surface area contributed by atoms with Crippen LogP contribution in [0.5, 0.6) is 0 Å². The van der Waals surface area contributed by atoms with Gasteiger partial charge in [-0.1, -0.05) is 39.8 Å². The van der Waals surface area contributed by atoms with E-state index in [2.05, 4.69) is 25.4 Å². The van der Waals surface area contributed by atoms with Crippen molar-refractivity contribution in [1.29, 1.82) is 0 Å². The maximum atomic E-state index is 3.87. The van der Waals surface area contributed by atoms with Crippen molar-refractivity contribution in [1.82, 2.24) is 5.32 Å². The van der Waals surface area contributed by atoms with Gasteiger partial charge in [0.15, 0.2) is 0 Å². The highest BCUT2D eigenvalue weighted by atomic mass is 14.9. The molecule has 0 aliphatic heterocycles. The summed E-state index contributed by atoms with van der Waals surface area (Å²) < 4.78 is 0. The van der Waals surface area contributed by atoms with Crippen LogP contribution in [-0.4, -0.2) is 6.54 Å². The molecule has 0 aromatic rings. The number of hydrogen-bond acceptors (Lipinski definition) is 1. The molecule has 0 fully saturated rings. The second-order valence-electron chi connectivity index (χ2n) is 2.38. The maximum absolute atomic E-state index is 3.87. The zero-order valence-corrected chi connectivity index (χ0v) is 8.82. The van der Waals surface area contributed by atoms with Crippen LogP contribution in [0.25, 0.3) is 0 Å². The summed E-state index contributed by atoms with van der Waals surface area (Å²) in [7, 11) is 0. The summed E-state index contributed by atoms with van der Waals surface area (Å²) in [6.07, 6.45) is 5.39. The minimum atomic E-state index is 0.836. The molecule has 0 spiro atoms. The van der Waals surface area contributed by atoms with Crippen LogP contribution >= 0.6 is 0 Å². The monoisotopic (exact) mass is 169 g/mol. The van der Waals surface area contributed by atoms with E-state index in [0.29, 0.717) is 0 Å². The van der Waals surface area contributed by atoms with Crippen molar-refractivity contribution in [2.75, 3.05) is 6.54 Å². The van der Waals surface area contributed by atoms with Crippen molar-refractivity contribution in [3.63, 3.8) is 0 Å². The van der Waals surface area contributed by atoms with Gasteiger partial charge in [-0.15, -0.1) is 6.58 Å². The Morgan fingerprint density at radius 2 is 2.00 bits per heavy atom. The fourth-order valence-corrected chi connectivity index (χ4v) is 0.695. The van der Waals surface area contributed by atoms with E-state index in [1.54, 1.807) is 0 Å². The van der Waals surface area contributed by atoms with Gasteiger partial charge in [-0.3, -0.25) is 0 Å². The molecule has 0 saturated carbocycles. The predicted octanol–water partition coefficient (Wildman–Crippen LogP) is 3.49. The lowest BCUT2D eigenvalue weighted by molar-refractivity contribution is 0.731. The molecule has 12 heavy (non-hydrogen) atoms. The molecule has 0 heterocycles. The summed E-state index contributed by atoms with van der Waals surface area (Å²) in [5, 5.41) is 3.15. The third kappa shape index (κ3) is 12.0. The molecule has 0 aliphatic rings. The van der Waals surface area contributed by atoms with Crippen molar-refractivity contribution in [3.8, 4) is 0 Å². The lowest BCUT2D eigenvalue weighted by Crippen LogP contribution is -2.11. The largest absolute Gasteiger partial charge is 0.385 e. The van der Waals surface area contributed by atoms with E-state index in [0.717, 1.165) is 18.7 Å². The maximum Gasteiger partial charge on any atom is 0.0325 e. The number of hydrogen-bond donors (Lipinski definition) is 1. The van der Waals surface area contributed by atoms with Gasteiger partial charge in [-0.05, 0) is 12.8 Å². The Bertz CT molecular complexity index is 106. The molecule has 0 aromatic heterocycles. The molecule has 0 aromatic carbocycles. The highest BCUT2D eigenvalue weighted by molar-refractivity contribution is 4.92. The molecule has 0 aliphatic carbocycles. The van der Waals surface area contributed by atoms with Crippen molar-refractivity contribution in [2.45, 2.75) is 40.0 Å². The fraction of sp³-hybridized carbons (Fsp3) is 0.636. The molecule has 1 N–H and O–H groups in total. The second-order valence-corrected chi connectivity index (χ2v) is 2.38. The Balaban J connectivity index is 0. The first-order valence-electron chi connectivity index (χ1n) is 4.83. The van der Waals surface area contributed by atoms with Crippen LogP contribution in [0.1, 0.15) is 40.0 Å². The topological polar surface area (TPSA) is 12.0 Å². The third-order valence-corrected chi connectivity index (χ3v) is 1.33. The molecule has 0 bridgehead atoms. The molecular weight excluding hydrogens is 146 g/mol. The lowest BCUT2D eigenvalue weighted by atomic mass is 10.2. The van der Waals surface area contributed by atoms with E-state index in [9.17, 15) is 0 Å². The molecule has 0 saturated heterocycles. The first-order chi connectivity index (χ1) is 5.81. The summed E-state index contributed by atoms with van der Waals surface area (Å²) >= 11 is 0. The summed E-state index contributed by atoms with van der Waals surface area (Å²) in [6.45, 7) is 14.5. The van der Waals surface area contributed by atoms with Crippen LogP contribution < -0.4 is 5.32 Å². The van der Waals surface area contributed by atoms with Crippen LogP contribution in [0.4, 0.5) is 0 Å². The van der Waals surface area contributed by atoms with Gasteiger partial charge < -0.3 is 5.32 Å². The Hall–Kier alpha value is -0.720. The highest BCUT2D eigenvalue weighted by Gasteiger charge is 1.88. The average Bonchev–Trinajstić information content (AvgIpc) is 2.14. The molecule has 1 heteroatoms. The number of unbranched alkanes of at least 4 members (excludes halogenated alkanes) is 1. The molecular formula is C11H23N. The van der Waals surface area contributed by atoms with E-state index in [1.165, 1.54) is 12.8 Å². The van der Waals surface area contributed by atoms with Crippen LogP contribution in [0.3, 0.4) is 0 Å². The van der Waals surface area contributed by atoms with E-state index >= 15 is 0 Å². The minimum Gasteiger partial charge on any atom is -0.385 e. The summed E-state index contributed by atoms with van der Waals surface area (Å²) in [5.74, 6) is 0. The minimum absolute atomic E-state index is 0.836. The summed E-state index contributed by atoms with van der Waals surface area (Å²) in [6, 6.07) is 0. The van der Waals surface area contributed by atoms with E-state index < -0.39 is 0 Å².